The van der Waals surface area contributed by atoms with E-state index in [1.54, 1.807) is 5.38 Å². The molecule has 0 aliphatic rings. The molecule has 0 fully saturated rings. The number of aromatic nitrogens is 1. The van der Waals surface area contributed by atoms with Crippen LogP contribution in [-0.2, 0) is 16.0 Å². The molecular formula is C17H20BrN3O2S. The molecule has 1 atom stereocenters. The molecular weight excluding hydrogens is 390 g/mol. The number of carbonyl (C=O) groups is 2. The Bertz CT molecular complexity index is 730. The van der Waals surface area contributed by atoms with Gasteiger partial charge in [0.1, 0.15) is 0 Å². The second-order valence-corrected chi connectivity index (χ2v) is 7.49. The Morgan fingerprint density at radius 1 is 1.25 bits per heavy atom. The largest absolute Gasteiger partial charge is 0.349 e. The van der Waals surface area contributed by atoms with Gasteiger partial charge in [0.25, 0.3) is 0 Å². The van der Waals surface area contributed by atoms with Crippen molar-refractivity contribution < 1.29 is 9.59 Å². The molecule has 1 unspecified atom stereocenters. The van der Waals surface area contributed by atoms with Crippen molar-refractivity contribution in [1.29, 1.82) is 0 Å². The quantitative estimate of drug-likeness (QED) is 0.759. The van der Waals surface area contributed by atoms with Gasteiger partial charge in [-0.3, -0.25) is 9.59 Å². The van der Waals surface area contributed by atoms with Crippen LogP contribution in [0.25, 0.3) is 0 Å². The molecule has 128 valence electrons. The normalized spacial score (nSPS) is 12.0. The number of benzene rings is 1. The number of anilines is 1. The highest BCUT2D eigenvalue weighted by atomic mass is 79.9. The third-order valence-electron chi connectivity index (χ3n) is 3.40. The first-order valence-electron chi connectivity index (χ1n) is 7.66. The number of rotatable bonds is 6. The van der Waals surface area contributed by atoms with Crippen LogP contribution in [0, 0.1) is 5.92 Å². The van der Waals surface area contributed by atoms with Crippen molar-refractivity contribution in [1.82, 2.24) is 10.3 Å². The van der Waals surface area contributed by atoms with E-state index in [2.05, 4.69) is 31.5 Å². The number of hydrogen-bond acceptors (Lipinski definition) is 4. The maximum absolute atomic E-state index is 12.2. The van der Waals surface area contributed by atoms with Crippen molar-refractivity contribution >= 4 is 44.2 Å². The standard InChI is InChI=1S/C17H20BrN3O2S/c1-10(2)16(23)21-17-20-12(9-24-17)8-15(22)19-11(3)13-6-4-5-7-14(13)18/h4-7,9-11H,8H2,1-3H3,(H,19,22)(H,20,21,23). The second kappa shape index (κ2) is 8.39. The Balaban J connectivity index is 1.92. The summed E-state index contributed by atoms with van der Waals surface area (Å²) in [6.45, 7) is 5.58. The van der Waals surface area contributed by atoms with Crippen molar-refractivity contribution in [3.63, 3.8) is 0 Å². The minimum atomic E-state index is -0.106. The van der Waals surface area contributed by atoms with Gasteiger partial charge >= 0.3 is 0 Å². The first kappa shape index (κ1) is 18.6. The number of halogens is 1. The van der Waals surface area contributed by atoms with Crippen LogP contribution in [0.1, 0.15) is 38.1 Å². The van der Waals surface area contributed by atoms with Gasteiger partial charge in [0.05, 0.1) is 18.2 Å². The molecule has 2 N–H and O–H groups in total. The van der Waals surface area contributed by atoms with Crippen LogP contribution >= 0.6 is 27.3 Å². The molecule has 2 amide bonds. The van der Waals surface area contributed by atoms with Gasteiger partial charge in [0, 0.05) is 15.8 Å². The Labute approximate surface area is 154 Å². The molecule has 0 aliphatic carbocycles. The van der Waals surface area contributed by atoms with Crippen LogP contribution in [-0.4, -0.2) is 16.8 Å². The Morgan fingerprint density at radius 2 is 1.96 bits per heavy atom. The molecule has 7 heteroatoms. The first-order chi connectivity index (χ1) is 11.4. The van der Waals surface area contributed by atoms with Crippen molar-refractivity contribution in [2.45, 2.75) is 33.2 Å². The predicted octanol–water partition coefficient (Wildman–Crippen LogP) is 3.92. The van der Waals surface area contributed by atoms with E-state index < -0.39 is 0 Å². The summed E-state index contributed by atoms with van der Waals surface area (Å²) >= 11 is 4.81. The van der Waals surface area contributed by atoms with E-state index in [4.69, 9.17) is 0 Å². The van der Waals surface area contributed by atoms with Crippen LogP contribution in [0.4, 0.5) is 5.13 Å². The third-order valence-corrected chi connectivity index (χ3v) is 4.93. The zero-order valence-corrected chi connectivity index (χ0v) is 16.2. The molecule has 0 bridgehead atoms. The Morgan fingerprint density at radius 3 is 2.62 bits per heavy atom. The highest BCUT2D eigenvalue weighted by molar-refractivity contribution is 9.10. The number of thiazole rings is 1. The number of nitrogens with one attached hydrogen (secondary N) is 2. The lowest BCUT2D eigenvalue weighted by molar-refractivity contribution is -0.121. The van der Waals surface area contributed by atoms with Crippen LogP contribution in [0.3, 0.4) is 0 Å². The van der Waals surface area contributed by atoms with Gasteiger partial charge in [0.2, 0.25) is 11.8 Å². The lowest BCUT2D eigenvalue weighted by atomic mass is 10.1. The third kappa shape index (κ3) is 5.14. The van der Waals surface area contributed by atoms with E-state index in [9.17, 15) is 9.59 Å². The van der Waals surface area contributed by atoms with Crippen LogP contribution < -0.4 is 10.6 Å². The van der Waals surface area contributed by atoms with Crippen LogP contribution in [0.15, 0.2) is 34.1 Å². The average Bonchev–Trinajstić information content (AvgIpc) is 2.94. The summed E-state index contributed by atoms with van der Waals surface area (Å²) < 4.78 is 0.963. The van der Waals surface area contributed by atoms with E-state index in [0.29, 0.717) is 10.8 Å². The molecule has 1 aromatic carbocycles. The van der Waals surface area contributed by atoms with E-state index >= 15 is 0 Å². The molecule has 5 nitrogen and oxygen atoms in total. The van der Waals surface area contributed by atoms with E-state index in [1.165, 1.54) is 11.3 Å². The Kier molecular flexibility index (Phi) is 6.51. The van der Waals surface area contributed by atoms with Crippen molar-refractivity contribution in [2.24, 2.45) is 5.92 Å². The lowest BCUT2D eigenvalue weighted by Crippen LogP contribution is -2.28. The van der Waals surface area contributed by atoms with Gasteiger partial charge in [-0.25, -0.2) is 4.98 Å². The number of carbonyl (C=O) groups excluding carboxylic acids is 2. The van der Waals surface area contributed by atoms with Crippen molar-refractivity contribution in [2.75, 3.05) is 5.32 Å². The monoisotopic (exact) mass is 409 g/mol. The summed E-state index contributed by atoms with van der Waals surface area (Å²) in [5.41, 5.74) is 1.67. The van der Waals surface area contributed by atoms with Crippen molar-refractivity contribution in [3.05, 3.63) is 45.4 Å². The molecule has 0 saturated carbocycles. The van der Waals surface area contributed by atoms with Gasteiger partial charge in [0.15, 0.2) is 5.13 Å². The zero-order valence-electron chi connectivity index (χ0n) is 13.8. The van der Waals surface area contributed by atoms with Crippen LogP contribution in [0.5, 0.6) is 0 Å². The van der Waals surface area contributed by atoms with Gasteiger partial charge in [-0.15, -0.1) is 11.3 Å². The van der Waals surface area contributed by atoms with Gasteiger partial charge < -0.3 is 10.6 Å². The van der Waals surface area contributed by atoms with E-state index in [-0.39, 0.29) is 30.2 Å². The molecule has 1 aromatic heterocycles. The summed E-state index contributed by atoms with van der Waals surface area (Å²) in [7, 11) is 0. The smallest absolute Gasteiger partial charge is 0.228 e. The van der Waals surface area contributed by atoms with E-state index in [0.717, 1.165) is 10.0 Å². The summed E-state index contributed by atoms with van der Waals surface area (Å²) in [5, 5.41) is 8.02. The summed E-state index contributed by atoms with van der Waals surface area (Å²) in [6.07, 6.45) is 0.183. The van der Waals surface area contributed by atoms with Crippen molar-refractivity contribution in [3.8, 4) is 0 Å². The summed E-state index contributed by atoms with van der Waals surface area (Å²) in [4.78, 5) is 28.1. The fraction of sp³-hybridized carbons (Fsp3) is 0.353. The van der Waals surface area contributed by atoms with Gasteiger partial charge in [-0.2, -0.15) is 0 Å². The maximum atomic E-state index is 12.2. The molecule has 2 aromatic rings. The summed E-state index contributed by atoms with van der Waals surface area (Å²) in [5.74, 6) is -0.293. The molecule has 24 heavy (non-hydrogen) atoms. The highest BCUT2D eigenvalue weighted by Crippen LogP contribution is 2.23. The first-order valence-corrected chi connectivity index (χ1v) is 9.33. The van der Waals surface area contributed by atoms with Crippen LogP contribution in [0.2, 0.25) is 0 Å². The average molecular weight is 410 g/mol. The molecule has 0 aliphatic heterocycles. The van der Waals surface area contributed by atoms with Gasteiger partial charge in [-0.05, 0) is 18.6 Å². The molecule has 1 heterocycles. The van der Waals surface area contributed by atoms with Gasteiger partial charge in [-0.1, -0.05) is 48.0 Å². The number of hydrogen-bond donors (Lipinski definition) is 2. The fourth-order valence-electron chi connectivity index (χ4n) is 2.06. The minimum Gasteiger partial charge on any atom is -0.349 e. The molecule has 0 radical (unpaired) electrons. The minimum absolute atomic E-state index is 0.0806. The predicted molar refractivity (Wildman–Crippen MR) is 100.0 cm³/mol. The number of amides is 2. The SMILES string of the molecule is CC(C)C(=O)Nc1nc(CC(=O)NC(C)c2ccccc2Br)cs1. The second-order valence-electron chi connectivity index (χ2n) is 5.78. The molecule has 0 spiro atoms. The Hall–Kier alpha value is -1.73. The highest BCUT2D eigenvalue weighted by Gasteiger charge is 2.15. The zero-order chi connectivity index (χ0) is 17.7. The topological polar surface area (TPSA) is 71.1 Å². The number of nitrogens with zero attached hydrogens (tertiary/aromatic N) is 1. The van der Waals surface area contributed by atoms with E-state index in [1.807, 2.05) is 45.0 Å². The lowest BCUT2D eigenvalue weighted by Gasteiger charge is -2.15. The molecule has 0 saturated heterocycles. The molecule has 2 rings (SSSR count). The summed E-state index contributed by atoms with van der Waals surface area (Å²) in [6, 6.07) is 7.68. The maximum Gasteiger partial charge on any atom is 0.228 e. The fourth-order valence-corrected chi connectivity index (χ4v) is 3.40.